The zero-order chi connectivity index (χ0) is 67.0. The summed E-state index contributed by atoms with van der Waals surface area (Å²) in [7, 11) is 0. The Hall–Kier alpha value is -1.66. The van der Waals surface area contributed by atoms with Crippen molar-refractivity contribution in [1.29, 1.82) is 0 Å². The van der Waals surface area contributed by atoms with Crippen molar-refractivity contribution in [1.82, 2.24) is 5.32 Å². The average Bonchev–Trinajstić information content (AvgIpc) is 3.78. The lowest BCUT2D eigenvalue weighted by atomic mass is 10.0. The second kappa shape index (κ2) is 82.8. The third-order valence-corrected chi connectivity index (χ3v) is 20.5. The fraction of sp³-hybridized carbons (Fsp3) is 0.931. The number of carbonyl (C=O) groups is 2. The summed E-state index contributed by atoms with van der Waals surface area (Å²) in [4.78, 5) is 24.6. The fourth-order valence-corrected chi connectivity index (χ4v) is 13.9. The van der Waals surface area contributed by atoms with Gasteiger partial charge in [0.1, 0.15) is 0 Å². The number of aliphatic hydroxyl groups excluding tert-OH is 2. The number of ether oxygens (including phenoxy) is 1. The predicted molar refractivity (Wildman–Crippen MR) is 412 cm³/mol. The van der Waals surface area contributed by atoms with Crippen LogP contribution >= 0.6 is 0 Å². The van der Waals surface area contributed by atoms with Gasteiger partial charge in [-0.2, -0.15) is 0 Å². The van der Waals surface area contributed by atoms with Crippen LogP contribution in [0.15, 0.2) is 24.3 Å². The van der Waals surface area contributed by atoms with E-state index in [2.05, 4.69) is 31.3 Å². The van der Waals surface area contributed by atoms with E-state index in [-0.39, 0.29) is 18.5 Å². The van der Waals surface area contributed by atoms with E-state index in [1.165, 1.54) is 430 Å². The molecule has 2 atom stereocenters. The molecule has 0 aromatic rings. The number of hydrogen-bond donors (Lipinski definition) is 3. The first kappa shape index (κ1) is 91.3. The van der Waals surface area contributed by atoms with Crippen molar-refractivity contribution >= 4 is 11.9 Å². The van der Waals surface area contributed by atoms with Crippen molar-refractivity contribution in [2.45, 2.75) is 508 Å². The fourth-order valence-electron chi connectivity index (χ4n) is 13.9. The molecule has 0 rings (SSSR count). The lowest BCUT2D eigenvalue weighted by Crippen LogP contribution is -2.45. The van der Waals surface area contributed by atoms with Crippen LogP contribution in [0.3, 0.4) is 0 Å². The van der Waals surface area contributed by atoms with Gasteiger partial charge in [-0.05, 0) is 57.8 Å². The Labute approximate surface area is 583 Å². The van der Waals surface area contributed by atoms with Crippen LogP contribution in [-0.4, -0.2) is 47.4 Å². The lowest BCUT2D eigenvalue weighted by molar-refractivity contribution is -0.143. The number of esters is 1. The molecular formula is C87H169NO5. The van der Waals surface area contributed by atoms with E-state index in [0.29, 0.717) is 19.4 Å². The normalized spacial score (nSPS) is 12.5. The smallest absolute Gasteiger partial charge is 0.305 e. The van der Waals surface area contributed by atoms with Crippen LogP contribution in [0.2, 0.25) is 0 Å². The molecule has 0 aliphatic carbocycles. The molecule has 0 fully saturated rings. The molecule has 552 valence electrons. The molecular weight excluding hydrogens is 1140 g/mol. The van der Waals surface area contributed by atoms with E-state index in [9.17, 15) is 19.8 Å². The van der Waals surface area contributed by atoms with E-state index in [1.54, 1.807) is 6.08 Å². The van der Waals surface area contributed by atoms with Gasteiger partial charge in [0.15, 0.2) is 0 Å². The highest BCUT2D eigenvalue weighted by Gasteiger charge is 2.18. The number of nitrogens with one attached hydrogen (secondary N) is 1. The zero-order valence-electron chi connectivity index (χ0n) is 63.5. The molecule has 0 saturated heterocycles. The first-order valence-corrected chi connectivity index (χ1v) is 43.1. The van der Waals surface area contributed by atoms with Gasteiger partial charge in [-0.1, -0.05) is 449 Å². The van der Waals surface area contributed by atoms with Crippen LogP contribution in [-0.2, 0) is 14.3 Å². The monoisotopic (exact) mass is 1310 g/mol. The van der Waals surface area contributed by atoms with Gasteiger partial charge in [0.25, 0.3) is 0 Å². The zero-order valence-corrected chi connectivity index (χ0v) is 63.5. The van der Waals surface area contributed by atoms with Crippen LogP contribution in [0.4, 0.5) is 0 Å². The van der Waals surface area contributed by atoms with Gasteiger partial charge in [-0.15, -0.1) is 0 Å². The maximum atomic E-state index is 12.6. The Morgan fingerprint density at radius 3 is 0.763 bits per heavy atom. The summed E-state index contributed by atoms with van der Waals surface area (Å²) >= 11 is 0. The van der Waals surface area contributed by atoms with E-state index in [4.69, 9.17) is 4.74 Å². The predicted octanol–water partition coefficient (Wildman–Crippen LogP) is 28.8. The van der Waals surface area contributed by atoms with Gasteiger partial charge in [-0.25, -0.2) is 0 Å². The molecule has 0 aliphatic rings. The Balaban J connectivity index is 3.34. The number of allylic oxidation sites excluding steroid dienone is 3. The molecule has 6 nitrogen and oxygen atoms in total. The van der Waals surface area contributed by atoms with Crippen LogP contribution in [0, 0.1) is 0 Å². The van der Waals surface area contributed by atoms with E-state index < -0.39 is 12.1 Å². The third kappa shape index (κ3) is 79.2. The molecule has 3 N–H and O–H groups in total. The summed E-state index contributed by atoms with van der Waals surface area (Å²) in [6.07, 6.45) is 108. The van der Waals surface area contributed by atoms with Crippen molar-refractivity contribution in [3.05, 3.63) is 24.3 Å². The highest BCUT2D eigenvalue weighted by molar-refractivity contribution is 5.76. The maximum absolute atomic E-state index is 12.6. The van der Waals surface area contributed by atoms with Gasteiger partial charge in [0.2, 0.25) is 5.91 Å². The summed E-state index contributed by atoms with van der Waals surface area (Å²) in [5, 5.41) is 23.3. The summed E-state index contributed by atoms with van der Waals surface area (Å²) in [5.74, 6) is -0.0323. The topological polar surface area (TPSA) is 95.9 Å². The van der Waals surface area contributed by atoms with Gasteiger partial charge in [0, 0.05) is 12.8 Å². The molecule has 1 amide bonds. The first-order valence-electron chi connectivity index (χ1n) is 43.1. The second-order valence-electron chi connectivity index (χ2n) is 29.9. The Bertz CT molecular complexity index is 1460. The average molecular weight is 1310 g/mol. The molecule has 2 unspecified atom stereocenters. The number of aliphatic hydroxyl groups is 2. The molecule has 0 heterocycles. The first-order chi connectivity index (χ1) is 46.0. The number of carbonyl (C=O) groups excluding carboxylic acids is 2. The van der Waals surface area contributed by atoms with E-state index >= 15 is 0 Å². The molecule has 0 spiro atoms. The number of amides is 1. The van der Waals surface area contributed by atoms with Gasteiger partial charge in [-0.3, -0.25) is 9.59 Å². The molecule has 0 saturated carbocycles. The minimum absolute atomic E-state index is 0.0257. The van der Waals surface area contributed by atoms with Crippen LogP contribution in [0.5, 0.6) is 0 Å². The van der Waals surface area contributed by atoms with Crippen molar-refractivity contribution in [2.24, 2.45) is 0 Å². The third-order valence-electron chi connectivity index (χ3n) is 20.5. The van der Waals surface area contributed by atoms with Gasteiger partial charge < -0.3 is 20.3 Å². The molecule has 0 aromatic heterocycles. The largest absolute Gasteiger partial charge is 0.466 e. The SMILES string of the molecule is CCCCCCCCCCCCCCCCCCCCCCC/C=C/C(O)C(CO)NC(=O)CCCCCCCCCCCCCCCCCCC/C=C\CCCCCCCCCCCCCCCCCCCCOC(=O)CCCCCCCCCCCCCCCC. The lowest BCUT2D eigenvalue weighted by Gasteiger charge is -2.20. The van der Waals surface area contributed by atoms with Gasteiger partial charge >= 0.3 is 5.97 Å². The molecule has 93 heavy (non-hydrogen) atoms. The van der Waals surface area contributed by atoms with Crippen LogP contribution in [0.1, 0.15) is 495 Å². The van der Waals surface area contributed by atoms with Gasteiger partial charge in [0.05, 0.1) is 25.4 Å². The standard InChI is InChI=1S/C87H169NO5/c1-3-5-7-9-11-13-15-17-19-20-21-22-40-43-46-49-52-55-59-63-67-71-75-79-85(90)84(83-89)88-86(91)80-76-72-68-64-60-56-53-50-47-44-41-38-36-34-32-30-28-26-24-23-25-27-29-31-33-35-37-39-42-45-48-51-54-58-62-66-70-74-78-82-93-87(92)81-77-73-69-65-61-57-18-16-14-12-10-8-6-4-2/h23-24,75,79,84-85,89-90H,3-22,25-74,76-78,80-83H2,1-2H3,(H,88,91)/b24-23-,79-75+. The highest BCUT2D eigenvalue weighted by Crippen LogP contribution is 2.21. The molecule has 0 aliphatic heterocycles. The Morgan fingerprint density at radius 1 is 0.290 bits per heavy atom. The van der Waals surface area contributed by atoms with Crippen molar-refractivity contribution in [2.75, 3.05) is 13.2 Å². The quantitative estimate of drug-likeness (QED) is 0.0320. The molecule has 0 radical (unpaired) electrons. The minimum Gasteiger partial charge on any atom is -0.466 e. The molecule has 0 bridgehead atoms. The summed E-state index contributed by atoms with van der Waals surface area (Å²) < 4.78 is 5.51. The Morgan fingerprint density at radius 2 is 0.505 bits per heavy atom. The van der Waals surface area contributed by atoms with Crippen molar-refractivity contribution < 1.29 is 24.5 Å². The second-order valence-corrected chi connectivity index (χ2v) is 29.9. The number of hydrogen-bond acceptors (Lipinski definition) is 5. The maximum Gasteiger partial charge on any atom is 0.305 e. The summed E-state index contributed by atoms with van der Waals surface area (Å²) in [5.41, 5.74) is 0. The van der Waals surface area contributed by atoms with Crippen LogP contribution in [0.25, 0.3) is 0 Å². The summed E-state index contributed by atoms with van der Waals surface area (Å²) in [6, 6.07) is -0.626. The Kier molecular flexibility index (Phi) is 81.3. The van der Waals surface area contributed by atoms with Crippen LogP contribution < -0.4 is 5.32 Å². The molecule has 0 aromatic carbocycles. The van der Waals surface area contributed by atoms with Crippen molar-refractivity contribution in [3.8, 4) is 0 Å². The molecule has 6 heteroatoms. The van der Waals surface area contributed by atoms with Crippen molar-refractivity contribution in [3.63, 3.8) is 0 Å². The summed E-state index contributed by atoms with van der Waals surface area (Å²) in [6.45, 7) is 4.97. The van der Waals surface area contributed by atoms with E-state index in [0.717, 1.165) is 38.5 Å². The number of rotatable bonds is 82. The highest BCUT2D eigenvalue weighted by atomic mass is 16.5. The minimum atomic E-state index is -0.843. The van der Waals surface area contributed by atoms with E-state index in [1.807, 2.05) is 6.08 Å². The number of unbranched alkanes of at least 4 members (excludes halogenated alkanes) is 69.